The number of amides is 2. The number of benzene rings is 2. The molecule has 7 nitrogen and oxygen atoms in total. The molecule has 1 aliphatic heterocycles. The molecule has 2 aromatic rings. The number of nitrogens with zero attached hydrogens (tertiary/aromatic N) is 1. The first-order valence-corrected chi connectivity index (χ1v) is 8.92. The largest absolute Gasteiger partial charge is 0.573 e. The highest BCUT2D eigenvalue weighted by Crippen LogP contribution is 2.24. The van der Waals surface area contributed by atoms with Gasteiger partial charge in [-0.15, -0.1) is 13.2 Å². The third kappa shape index (κ3) is 5.63. The van der Waals surface area contributed by atoms with E-state index in [1.54, 1.807) is 31.4 Å². The SMILES string of the molecule is COc1ccc(CN2C(=O)COC[C@H]2C(=O)Nc2ccc(OC(F)(F)F)cc2)cc1. The van der Waals surface area contributed by atoms with Crippen molar-refractivity contribution in [2.75, 3.05) is 25.6 Å². The van der Waals surface area contributed by atoms with Gasteiger partial charge in [-0.2, -0.15) is 0 Å². The standard InChI is InChI=1S/C20H19F3N2O5/c1-28-15-6-2-13(3-7-15)10-25-17(11-29-12-18(25)26)19(27)24-14-4-8-16(9-5-14)30-20(21,22)23/h2-9,17H,10-12H2,1H3,(H,24,27)/t17-/m0/s1. The van der Waals surface area contributed by atoms with E-state index in [1.807, 2.05) is 0 Å². The average Bonchev–Trinajstić information content (AvgIpc) is 2.70. The average molecular weight is 424 g/mol. The van der Waals surface area contributed by atoms with Crippen LogP contribution in [0.3, 0.4) is 0 Å². The molecule has 0 unspecified atom stereocenters. The number of alkyl halides is 3. The summed E-state index contributed by atoms with van der Waals surface area (Å²) in [4.78, 5) is 26.5. The molecule has 1 fully saturated rings. The lowest BCUT2D eigenvalue weighted by Crippen LogP contribution is -2.54. The number of ether oxygens (including phenoxy) is 3. The topological polar surface area (TPSA) is 77.1 Å². The van der Waals surface area contributed by atoms with Crippen molar-refractivity contribution in [3.63, 3.8) is 0 Å². The molecule has 3 rings (SSSR count). The summed E-state index contributed by atoms with van der Waals surface area (Å²) in [6, 6.07) is 10.9. The predicted octanol–water partition coefficient (Wildman–Crippen LogP) is 2.96. The van der Waals surface area contributed by atoms with Gasteiger partial charge in [-0.3, -0.25) is 9.59 Å². The van der Waals surface area contributed by atoms with Gasteiger partial charge in [-0.1, -0.05) is 12.1 Å². The second-order valence-corrected chi connectivity index (χ2v) is 6.46. The maximum Gasteiger partial charge on any atom is 0.573 e. The van der Waals surface area contributed by atoms with Gasteiger partial charge in [-0.05, 0) is 42.0 Å². The van der Waals surface area contributed by atoms with Crippen LogP contribution < -0.4 is 14.8 Å². The highest BCUT2D eigenvalue weighted by molar-refractivity contribution is 5.98. The number of nitrogens with one attached hydrogen (secondary N) is 1. The zero-order chi connectivity index (χ0) is 21.7. The number of carbonyl (C=O) groups is 2. The molecule has 1 atom stereocenters. The van der Waals surface area contributed by atoms with E-state index in [0.29, 0.717) is 5.75 Å². The number of methoxy groups -OCH3 is 1. The Morgan fingerprint density at radius 2 is 1.77 bits per heavy atom. The Balaban J connectivity index is 1.68. The van der Waals surface area contributed by atoms with Crippen LogP contribution in [0.1, 0.15) is 5.56 Å². The number of hydrogen-bond donors (Lipinski definition) is 1. The summed E-state index contributed by atoms with van der Waals surface area (Å²) in [5.74, 6) is -0.593. The molecule has 0 saturated carbocycles. The van der Waals surface area contributed by atoms with Crippen LogP contribution >= 0.6 is 0 Å². The summed E-state index contributed by atoms with van der Waals surface area (Å²) in [6.45, 7) is 0.0645. The Hall–Kier alpha value is -3.27. The van der Waals surface area contributed by atoms with Gasteiger partial charge >= 0.3 is 6.36 Å². The molecule has 1 heterocycles. The van der Waals surface area contributed by atoms with Crippen LogP contribution in [-0.4, -0.2) is 49.4 Å². The summed E-state index contributed by atoms with van der Waals surface area (Å²) in [6.07, 6.45) is -4.80. The molecule has 2 aromatic carbocycles. The zero-order valence-electron chi connectivity index (χ0n) is 15.9. The van der Waals surface area contributed by atoms with Gasteiger partial charge in [0.25, 0.3) is 0 Å². The molecule has 10 heteroatoms. The van der Waals surface area contributed by atoms with Crippen molar-refractivity contribution in [3.05, 3.63) is 54.1 Å². The number of hydrogen-bond acceptors (Lipinski definition) is 5. The normalized spacial score (nSPS) is 16.9. The van der Waals surface area contributed by atoms with E-state index >= 15 is 0 Å². The van der Waals surface area contributed by atoms with Gasteiger partial charge in [0.05, 0.1) is 13.7 Å². The monoisotopic (exact) mass is 424 g/mol. The molecular formula is C20H19F3N2O5. The van der Waals surface area contributed by atoms with Crippen molar-refractivity contribution < 1.29 is 37.0 Å². The van der Waals surface area contributed by atoms with Gasteiger partial charge in [0.2, 0.25) is 11.8 Å². The molecule has 30 heavy (non-hydrogen) atoms. The molecular weight excluding hydrogens is 405 g/mol. The number of morpholine rings is 1. The second kappa shape index (κ2) is 9.04. The van der Waals surface area contributed by atoms with Gasteiger partial charge in [-0.25, -0.2) is 0 Å². The molecule has 1 N–H and O–H groups in total. The summed E-state index contributed by atoms with van der Waals surface area (Å²) < 4.78 is 50.9. The Morgan fingerprint density at radius 1 is 1.13 bits per heavy atom. The predicted molar refractivity (Wildman–Crippen MR) is 99.9 cm³/mol. The lowest BCUT2D eigenvalue weighted by atomic mass is 10.1. The molecule has 0 aliphatic carbocycles. The molecule has 0 bridgehead atoms. The van der Waals surface area contributed by atoms with E-state index in [0.717, 1.165) is 17.7 Å². The minimum absolute atomic E-state index is 0.00297. The molecule has 160 valence electrons. The number of carbonyl (C=O) groups excluding carboxylic acids is 2. The fraction of sp³-hybridized carbons (Fsp3) is 0.300. The van der Waals surface area contributed by atoms with Crippen LogP contribution in [0.2, 0.25) is 0 Å². The Kier molecular flexibility index (Phi) is 6.46. The van der Waals surface area contributed by atoms with E-state index < -0.39 is 24.1 Å². The van der Waals surface area contributed by atoms with Crippen LogP contribution in [0.15, 0.2) is 48.5 Å². The molecule has 1 aliphatic rings. The summed E-state index contributed by atoms with van der Waals surface area (Å²) >= 11 is 0. The third-order valence-corrected chi connectivity index (χ3v) is 4.37. The molecule has 2 amide bonds. The van der Waals surface area contributed by atoms with E-state index in [4.69, 9.17) is 9.47 Å². The molecule has 0 aromatic heterocycles. The minimum atomic E-state index is -4.80. The summed E-state index contributed by atoms with van der Waals surface area (Å²) in [7, 11) is 1.54. The van der Waals surface area contributed by atoms with Crippen LogP contribution in [-0.2, 0) is 20.9 Å². The van der Waals surface area contributed by atoms with Crippen molar-refractivity contribution in [2.45, 2.75) is 18.9 Å². The van der Waals surface area contributed by atoms with Crippen molar-refractivity contribution in [1.82, 2.24) is 4.90 Å². The van der Waals surface area contributed by atoms with E-state index in [-0.39, 0.29) is 31.4 Å². The lowest BCUT2D eigenvalue weighted by molar-refractivity contribution is -0.274. The summed E-state index contributed by atoms with van der Waals surface area (Å²) in [5, 5.41) is 2.59. The van der Waals surface area contributed by atoms with Crippen LogP contribution in [0, 0.1) is 0 Å². The number of halogens is 3. The first kappa shape index (κ1) is 21.4. The second-order valence-electron chi connectivity index (χ2n) is 6.46. The van der Waals surface area contributed by atoms with Crippen LogP contribution in [0.25, 0.3) is 0 Å². The van der Waals surface area contributed by atoms with Gasteiger partial charge in [0.15, 0.2) is 0 Å². The lowest BCUT2D eigenvalue weighted by Gasteiger charge is -2.34. The quantitative estimate of drug-likeness (QED) is 0.772. The van der Waals surface area contributed by atoms with Crippen LogP contribution in [0.5, 0.6) is 11.5 Å². The highest BCUT2D eigenvalue weighted by atomic mass is 19.4. The maximum absolute atomic E-state index is 12.7. The highest BCUT2D eigenvalue weighted by Gasteiger charge is 2.34. The fourth-order valence-electron chi connectivity index (χ4n) is 2.91. The van der Waals surface area contributed by atoms with Crippen molar-refractivity contribution in [1.29, 1.82) is 0 Å². The first-order chi connectivity index (χ1) is 14.2. The molecule has 0 radical (unpaired) electrons. The van der Waals surface area contributed by atoms with E-state index in [9.17, 15) is 22.8 Å². The molecule has 0 spiro atoms. The first-order valence-electron chi connectivity index (χ1n) is 8.92. The maximum atomic E-state index is 12.7. The van der Waals surface area contributed by atoms with Crippen molar-refractivity contribution in [2.24, 2.45) is 0 Å². The number of anilines is 1. The Morgan fingerprint density at radius 3 is 2.37 bits per heavy atom. The van der Waals surface area contributed by atoms with Gasteiger partial charge in [0, 0.05) is 12.2 Å². The van der Waals surface area contributed by atoms with Crippen LogP contribution in [0.4, 0.5) is 18.9 Å². The van der Waals surface area contributed by atoms with Crippen molar-refractivity contribution >= 4 is 17.5 Å². The van der Waals surface area contributed by atoms with E-state index in [2.05, 4.69) is 10.1 Å². The third-order valence-electron chi connectivity index (χ3n) is 4.37. The smallest absolute Gasteiger partial charge is 0.497 e. The van der Waals surface area contributed by atoms with E-state index in [1.165, 1.54) is 17.0 Å². The molecule has 1 saturated heterocycles. The Labute approximate surface area is 170 Å². The van der Waals surface area contributed by atoms with Gasteiger partial charge < -0.3 is 24.4 Å². The summed E-state index contributed by atoms with van der Waals surface area (Å²) in [5.41, 5.74) is 1.06. The Bertz CT molecular complexity index is 885. The fourth-order valence-corrected chi connectivity index (χ4v) is 2.91. The zero-order valence-corrected chi connectivity index (χ0v) is 15.9. The van der Waals surface area contributed by atoms with Gasteiger partial charge in [0.1, 0.15) is 24.1 Å². The minimum Gasteiger partial charge on any atom is -0.497 e. The number of rotatable bonds is 6. The van der Waals surface area contributed by atoms with Crippen molar-refractivity contribution in [3.8, 4) is 11.5 Å².